The molecule has 1 aliphatic rings. The molecule has 16 heavy (non-hydrogen) atoms. The second kappa shape index (κ2) is 3.96. The third kappa shape index (κ3) is 2.35. The first-order valence-corrected chi connectivity index (χ1v) is 4.69. The van der Waals surface area contributed by atoms with Crippen LogP contribution < -0.4 is 5.73 Å². The number of rotatable bonds is 2. The number of alkyl halides is 5. The monoisotopic (exact) mass is 245 g/mol. The molecule has 0 heterocycles. The van der Waals surface area contributed by atoms with Crippen molar-refractivity contribution in [3.05, 3.63) is 11.6 Å². The predicted octanol–water partition coefficient (Wildman–Crippen LogP) is 1.98. The highest BCUT2D eigenvalue weighted by Crippen LogP contribution is 2.42. The first-order chi connectivity index (χ1) is 7.12. The van der Waals surface area contributed by atoms with E-state index >= 15 is 0 Å². The molecular weight excluding hydrogens is 233 g/mol. The Morgan fingerprint density at radius 1 is 1.38 bits per heavy atom. The molecule has 1 atom stereocenters. The summed E-state index contributed by atoms with van der Waals surface area (Å²) in [5, 5.41) is 9.39. The lowest BCUT2D eigenvalue weighted by Gasteiger charge is -2.34. The lowest BCUT2D eigenvalue weighted by atomic mass is 9.83. The molecule has 3 N–H and O–H groups in total. The minimum atomic E-state index is -4.94. The second-order valence-electron chi connectivity index (χ2n) is 3.85. The molecule has 0 amide bonds. The SMILES string of the molecule is NCC(O)(C1=CCC(F)(F)CC1)C(F)(F)F. The molecule has 1 rings (SSSR count). The van der Waals surface area contributed by atoms with Crippen LogP contribution >= 0.6 is 0 Å². The Balaban J connectivity index is 2.96. The molecule has 2 nitrogen and oxygen atoms in total. The molecule has 0 fully saturated rings. The van der Waals surface area contributed by atoms with Crippen LogP contribution in [0.3, 0.4) is 0 Å². The van der Waals surface area contributed by atoms with Crippen LogP contribution in [0.4, 0.5) is 22.0 Å². The van der Waals surface area contributed by atoms with Crippen LogP contribution in [0, 0.1) is 0 Å². The van der Waals surface area contributed by atoms with Crippen molar-refractivity contribution in [3.63, 3.8) is 0 Å². The Morgan fingerprint density at radius 2 is 1.94 bits per heavy atom. The highest BCUT2D eigenvalue weighted by molar-refractivity contribution is 5.23. The lowest BCUT2D eigenvalue weighted by Crippen LogP contribution is -2.53. The van der Waals surface area contributed by atoms with Crippen molar-refractivity contribution >= 4 is 0 Å². The van der Waals surface area contributed by atoms with Gasteiger partial charge in [-0.2, -0.15) is 13.2 Å². The van der Waals surface area contributed by atoms with Gasteiger partial charge in [-0.1, -0.05) is 6.08 Å². The highest BCUT2D eigenvalue weighted by Gasteiger charge is 2.56. The molecule has 0 radical (unpaired) electrons. The third-order valence-corrected chi connectivity index (χ3v) is 2.70. The summed E-state index contributed by atoms with van der Waals surface area (Å²) in [7, 11) is 0. The topological polar surface area (TPSA) is 46.2 Å². The molecule has 0 saturated carbocycles. The van der Waals surface area contributed by atoms with Gasteiger partial charge in [-0.05, 0) is 12.0 Å². The van der Waals surface area contributed by atoms with Crippen molar-refractivity contribution < 1.29 is 27.1 Å². The van der Waals surface area contributed by atoms with Crippen molar-refractivity contribution in [2.75, 3.05) is 6.54 Å². The van der Waals surface area contributed by atoms with Gasteiger partial charge in [0, 0.05) is 19.4 Å². The largest absolute Gasteiger partial charge is 0.422 e. The van der Waals surface area contributed by atoms with Gasteiger partial charge in [0.2, 0.25) is 0 Å². The lowest BCUT2D eigenvalue weighted by molar-refractivity contribution is -0.241. The number of hydrogen-bond acceptors (Lipinski definition) is 2. The predicted molar refractivity (Wildman–Crippen MR) is 46.9 cm³/mol. The van der Waals surface area contributed by atoms with Gasteiger partial charge in [0.1, 0.15) is 0 Å². The van der Waals surface area contributed by atoms with Crippen molar-refractivity contribution in [2.24, 2.45) is 5.73 Å². The summed E-state index contributed by atoms with van der Waals surface area (Å²) >= 11 is 0. The van der Waals surface area contributed by atoms with E-state index in [9.17, 15) is 27.1 Å². The average molecular weight is 245 g/mol. The van der Waals surface area contributed by atoms with E-state index in [-0.39, 0.29) is 0 Å². The number of nitrogens with two attached hydrogens (primary N) is 1. The molecule has 1 aliphatic carbocycles. The molecule has 0 aromatic heterocycles. The van der Waals surface area contributed by atoms with Crippen molar-refractivity contribution in [1.82, 2.24) is 0 Å². The molecule has 94 valence electrons. The zero-order valence-corrected chi connectivity index (χ0v) is 8.32. The van der Waals surface area contributed by atoms with E-state index < -0.39 is 49.1 Å². The molecule has 1 unspecified atom stereocenters. The number of halogens is 5. The van der Waals surface area contributed by atoms with Crippen LogP contribution in [0.25, 0.3) is 0 Å². The van der Waals surface area contributed by atoms with Crippen LogP contribution in [0.15, 0.2) is 11.6 Å². The van der Waals surface area contributed by atoms with Gasteiger partial charge in [-0.15, -0.1) is 0 Å². The number of allylic oxidation sites excluding steroid dienone is 1. The molecule has 0 aliphatic heterocycles. The minimum Gasteiger partial charge on any atom is -0.376 e. The molecule has 0 aromatic carbocycles. The number of hydrogen-bond donors (Lipinski definition) is 2. The highest BCUT2D eigenvalue weighted by atomic mass is 19.4. The van der Waals surface area contributed by atoms with Gasteiger partial charge in [-0.3, -0.25) is 0 Å². The van der Waals surface area contributed by atoms with Crippen LogP contribution in [-0.2, 0) is 0 Å². The van der Waals surface area contributed by atoms with E-state index in [2.05, 4.69) is 0 Å². The summed E-state index contributed by atoms with van der Waals surface area (Å²) in [6.07, 6.45) is -6.19. The zero-order chi connectivity index (χ0) is 12.6. The fourth-order valence-corrected chi connectivity index (χ4v) is 1.60. The first kappa shape index (κ1) is 13.4. The first-order valence-electron chi connectivity index (χ1n) is 4.69. The molecular formula is C9H12F5NO. The summed E-state index contributed by atoms with van der Waals surface area (Å²) in [5.74, 6) is -3.00. The van der Waals surface area contributed by atoms with Crippen molar-refractivity contribution in [3.8, 4) is 0 Å². The summed E-state index contributed by atoms with van der Waals surface area (Å²) in [6.45, 7) is -1.06. The quantitative estimate of drug-likeness (QED) is 0.577. The fraction of sp³-hybridized carbons (Fsp3) is 0.778. The third-order valence-electron chi connectivity index (χ3n) is 2.70. The molecule has 7 heteroatoms. The normalized spacial score (nSPS) is 24.8. The maximum Gasteiger partial charge on any atom is 0.422 e. The van der Waals surface area contributed by atoms with Crippen LogP contribution in [-0.4, -0.2) is 29.4 Å². The fourth-order valence-electron chi connectivity index (χ4n) is 1.60. The van der Waals surface area contributed by atoms with Crippen LogP contribution in [0.5, 0.6) is 0 Å². The Labute approximate surface area is 88.9 Å². The van der Waals surface area contributed by atoms with Crippen LogP contribution in [0.2, 0.25) is 0 Å². The summed E-state index contributed by atoms with van der Waals surface area (Å²) < 4.78 is 63.0. The van der Waals surface area contributed by atoms with E-state index in [0.717, 1.165) is 6.08 Å². The zero-order valence-electron chi connectivity index (χ0n) is 8.32. The maximum absolute atomic E-state index is 12.7. The Kier molecular flexibility index (Phi) is 3.31. The van der Waals surface area contributed by atoms with Gasteiger partial charge in [0.15, 0.2) is 5.60 Å². The van der Waals surface area contributed by atoms with Crippen molar-refractivity contribution in [1.29, 1.82) is 0 Å². The van der Waals surface area contributed by atoms with E-state index in [4.69, 9.17) is 5.73 Å². The summed E-state index contributed by atoms with van der Waals surface area (Å²) in [6, 6.07) is 0. The Bertz CT molecular complexity index is 299. The maximum atomic E-state index is 12.7. The standard InChI is InChI=1S/C9H12F5NO/c10-7(11)3-1-6(2-4-7)8(16,5-15)9(12,13)14/h1,16H,2-5,15H2. The Morgan fingerprint density at radius 3 is 2.25 bits per heavy atom. The van der Waals surface area contributed by atoms with Crippen LogP contribution in [0.1, 0.15) is 19.3 Å². The number of aliphatic hydroxyl groups is 1. The molecule has 0 bridgehead atoms. The van der Waals surface area contributed by atoms with Gasteiger partial charge in [-0.25, -0.2) is 8.78 Å². The van der Waals surface area contributed by atoms with Gasteiger partial charge in [0.25, 0.3) is 5.92 Å². The average Bonchev–Trinajstić information content (AvgIpc) is 2.14. The van der Waals surface area contributed by atoms with Gasteiger partial charge < -0.3 is 10.8 Å². The molecule has 0 saturated heterocycles. The van der Waals surface area contributed by atoms with E-state index in [0.29, 0.717) is 0 Å². The molecule has 0 spiro atoms. The summed E-state index contributed by atoms with van der Waals surface area (Å²) in [5.41, 5.74) is 1.25. The smallest absolute Gasteiger partial charge is 0.376 e. The molecule has 0 aromatic rings. The van der Waals surface area contributed by atoms with E-state index in [1.807, 2.05) is 0 Å². The minimum absolute atomic E-state index is 0.464. The Hall–Kier alpha value is -0.690. The van der Waals surface area contributed by atoms with Crippen molar-refractivity contribution in [2.45, 2.75) is 37.0 Å². The van der Waals surface area contributed by atoms with Gasteiger partial charge in [0.05, 0.1) is 0 Å². The van der Waals surface area contributed by atoms with E-state index in [1.165, 1.54) is 0 Å². The summed E-state index contributed by atoms with van der Waals surface area (Å²) in [4.78, 5) is 0. The van der Waals surface area contributed by atoms with E-state index in [1.54, 1.807) is 0 Å². The van der Waals surface area contributed by atoms with Gasteiger partial charge >= 0.3 is 6.18 Å². The second-order valence-corrected chi connectivity index (χ2v) is 3.85.